The molecule has 0 saturated carbocycles. The summed E-state index contributed by atoms with van der Waals surface area (Å²) < 4.78 is 0. The van der Waals surface area contributed by atoms with Gasteiger partial charge in [0, 0.05) is 19.6 Å². The zero-order valence-electron chi connectivity index (χ0n) is 40.1. The van der Waals surface area contributed by atoms with E-state index in [2.05, 4.69) is 36.9 Å². The molecule has 2 saturated heterocycles. The third kappa shape index (κ3) is 17.2. The van der Waals surface area contributed by atoms with E-state index in [0.29, 0.717) is 19.3 Å². The Morgan fingerprint density at radius 2 is 1.25 bits per heavy atom. The molecule has 0 bridgehead atoms. The smallest absolute Gasteiger partial charge is 0.326 e. The zero-order valence-corrected chi connectivity index (χ0v) is 40.1. The van der Waals surface area contributed by atoms with Crippen LogP contribution < -0.4 is 49.1 Å². The first kappa shape index (κ1) is 57.5. The van der Waals surface area contributed by atoms with E-state index in [-0.39, 0.29) is 69.5 Å². The summed E-state index contributed by atoms with van der Waals surface area (Å²) in [7, 11) is 0. The molecule has 2 fully saturated rings. The minimum absolute atomic E-state index is 0.0617. The number of guanidine groups is 1. The molecule has 2 heterocycles. The minimum atomic E-state index is -1.61. The first-order chi connectivity index (χ1) is 31.4. The number of carboxylic acids is 1. The molecule has 67 heavy (non-hydrogen) atoms. The van der Waals surface area contributed by atoms with Gasteiger partial charge in [-0.25, -0.2) is 4.79 Å². The van der Waals surface area contributed by atoms with E-state index in [1.54, 1.807) is 34.6 Å². The van der Waals surface area contributed by atoms with E-state index in [4.69, 9.17) is 17.2 Å². The van der Waals surface area contributed by atoms with Crippen molar-refractivity contribution in [1.29, 1.82) is 0 Å². The van der Waals surface area contributed by atoms with Crippen molar-refractivity contribution in [2.45, 2.75) is 167 Å². The zero-order chi connectivity index (χ0) is 50.9. The lowest BCUT2D eigenvalue weighted by Crippen LogP contribution is -2.61. The number of hydrogen-bond acceptors (Lipinski definition) is 13. The molecule has 380 valence electrons. The average molecular weight is 953 g/mol. The van der Waals surface area contributed by atoms with Crippen molar-refractivity contribution in [2.24, 2.45) is 39.9 Å². The molecule has 11 atom stereocenters. The standard InChI is InChI=1S/C43H76N12O12/c1-9-23(6)31(44)37(61)53-33(25(8)57)39(63)48-24(7)40(64)55-18-12-15-30(55)41(65)54-17-11-14-29(54)36(60)51-28(20-56)35(59)49-26(13-10-16-47-43(45)46)34(58)52-32(22(4)5)38(62)50-27(42(66)67)19-21(2)3/h21-33,56-57H,9-20,44H2,1-8H3,(H,48,63)(H,49,59)(H,50,62)(H,51,60)(H,52,58)(H,53,61)(H,66,67)(H4,45,46,47)/t23-,24-,25+,26-,27-,28-,29-,30-,31-,32-,33-/m0/s1. The number of likely N-dealkylation sites (tertiary alicyclic amines) is 2. The maximum absolute atomic E-state index is 14.1. The Morgan fingerprint density at radius 1 is 0.701 bits per heavy atom. The van der Waals surface area contributed by atoms with Crippen LogP contribution in [0.4, 0.5) is 0 Å². The summed E-state index contributed by atoms with van der Waals surface area (Å²) in [5.41, 5.74) is 16.9. The maximum Gasteiger partial charge on any atom is 0.326 e. The molecule has 2 aliphatic rings. The van der Waals surface area contributed by atoms with Gasteiger partial charge in [0.15, 0.2) is 5.96 Å². The van der Waals surface area contributed by atoms with Gasteiger partial charge in [0.1, 0.15) is 48.3 Å². The van der Waals surface area contributed by atoms with Gasteiger partial charge in [-0.05, 0) is 76.5 Å². The fourth-order valence-corrected chi connectivity index (χ4v) is 7.81. The minimum Gasteiger partial charge on any atom is -0.480 e. The Labute approximate surface area is 392 Å². The first-order valence-electron chi connectivity index (χ1n) is 23.1. The Kier molecular flexibility index (Phi) is 23.4. The highest BCUT2D eigenvalue weighted by Gasteiger charge is 2.44. The average Bonchev–Trinajstić information content (AvgIpc) is 3.96. The van der Waals surface area contributed by atoms with Crippen molar-refractivity contribution in [3.63, 3.8) is 0 Å². The number of nitrogens with zero attached hydrogens (tertiary/aromatic N) is 3. The second-order valence-electron chi connectivity index (χ2n) is 18.3. The third-order valence-corrected chi connectivity index (χ3v) is 12.0. The van der Waals surface area contributed by atoms with Gasteiger partial charge < -0.3 is 74.2 Å². The van der Waals surface area contributed by atoms with E-state index >= 15 is 0 Å². The SMILES string of the molecule is CC[C@H](C)[C@H](N)C(=O)N[C@H](C(=O)N[C@@H](C)C(=O)N1CCC[C@H]1C(=O)N1CCC[C@H]1C(=O)N[C@@H](CO)C(=O)N[C@@H](CCCN=C(N)N)C(=O)N[C@H](C(=O)N[C@@H](CC(C)C)C(=O)O)C(C)C)[C@@H](C)O. The Hall–Kier alpha value is -5.62. The van der Waals surface area contributed by atoms with Crippen molar-refractivity contribution in [3.8, 4) is 0 Å². The number of carbonyl (C=O) groups excluding carboxylic acids is 8. The highest BCUT2D eigenvalue weighted by Crippen LogP contribution is 2.26. The molecule has 0 aromatic heterocycles. The van der Waals surface area contributed by atoms with Crippen LogP contribution in [0.25, 0.3) is 0 Å². The fraction of sp³-hybridized carbons (Fsp3) is 0.767. The van der Waals surface area contributed by atoms with Crippen LogP contribution in [0.5, 0.6) is 0 Å². The van der Waals surface area contributed by atoms with Crippen LogP contribution in [0.2, 0.25) is 0 Å². The second kappa shape index (κ2) is 27.3. The lowest BCUT2D eigenvalue weighted by Gasteiger charge is -2.33. The number of aliphatic carboxylic acids is 1. The molecule has 15 N–H and O–H groups in total. The summed E-state index contributed by atoms with van der Waals surface area (Å²) in [6.45, 7) is 12.6. The summed E-state index contributed by atoms with van der Waals surface area (Å²) in [4.78, 5) is 127. The van der Waals surface area contributed by atoms with Gasteiger partial charge in [-0.2, -0.15) is 0 Å². The molecule has 24 nitrogen and oxygen atoms in total. The molecule has 24 heteroatoms. The van der Waals surface area contributed by atoms with Crippen LogP contribution in [-0.4, -0.2) is 171 Å². The quantitative estimate of drug-likeness (QED) is 0.0227. The predicted molar refractivity (Wildman–Crippen MR) is 245 cm³/mol. The van der Waals surface area contributed by atoms with E-state index in [1.165, 1.54) is 23.6 Å². The van der Waals surface area contributed by atoms with Crippen LogP contribution in [0.3, 0.4) is 0 Å². The monoisotopic (exact) mass is 953 g/mol. The number of nitrogens with one attached hydrogen (secondary N) is 6. The second-order valence-corrected chi connectivity index (χ2v) is 18.3. The number of nitrogens with two attached hydrogens (primary N) is 3. The maximum atomic E-state index is 14.1. The van der Waals surface area contributed by atoms with Crippen LogP contribution >= 0.6 is 0 Å². The molecule has 0 aromatic rings. The van der Waals surface area contributed by atoms with Gasteiger partial charge in [-0.3, -0.25) is 43.3 Å². The first-order valence-corrected chi connectivity index (χ1v) is 23.1. The molecule has 0 aliphatic carbocycles. The molecule has 0 spiro atoms. The molecular formula is C43H76N12O12. The van der Waals surface area contributed by atoms with Crippen LogP contribution in [0.1, 0.15) is 107 Å². The van der Waals surface area contributed by atoms with Gasteiger partial charge in [0.05, 0.1) is 18.8 Å². The summed E-state index contributed by atoms with van der Waals surface area (Å²) in [6, 6.07) is -11.0. The highest BCUT2D eigenvalue weighted by molar-refractivity contribution is 5.98. The molecular weight excluding hydrogens is 877 g/mol. The van der Waals surface area contributed by atoms with Crippen molar-refractivity contribution >= 4 is 59.2 Å². The van der Waals surface area contributed by atoms with Gasteiger partial charge in [0.2, 0.25) is 47.3 Å². The summed E-state index contributed by atoms with van der Waals surface area (Å²) in [5, 5.41) is 45.3. The molecule has 2 aliphatic heterocycles. The van der Waals surface area contributed by atoms with Crippen LogP contribution in [0.15, 0.2) is 4.99 Å². The molecule has 8 amide bonds. The van der Waals surface area contributed by atoms with Gasteiger partial charge >= 0.3 is 5.97 Å². The number of aliphatic hydroxyl groups excluding tert-OH is 2. The lowest BCUT2D eigenvalue weighted by atomic mass is 9.98. The molecule has 2 rings (SSSR count). The normalized spacial score (nSPS) is 20.0. The number of amides is 8. The number of aliphatic hydroxyl groups is 2. The molecule has 0 unspecified atom stereocenters. The topological polar surface area (TPSA) is 383 Å². The molecule has 0 aromatic carbocycles. The number of carboxylic acid groups (broad SMARTS) is 1. The predicted octanol–water partition coefficient (Wildman–Crippen LogP) is -3.52. The highest BCUT2D eigenvalue weighted by atomic mass is 16.4. The van der Waals surface area contributed by atoms with Crippen LogP contribution in [0, 0.1) is 17.8 Å². The van der Waals surface area contributed by atoms with Gasteiger partial charge in [-0.15, -0.1) is 0 Å². The number of aliphatic imine (C=N–C) groups is 1. The Bertz CT molecular complexity index is 1780. The van der Waals surface area contributed by atoms with Gasteiger partial charge in [-0.1, -0.05) is 48.0 Å². The van der Waals surface area contributed by atoms with Crippen molar-refractivity contribution in [3.05, 3.63) is 0 Å². The summed E-state index contributed by atoms with van der Waals surface area (Å²) in [5.74, 6) is -8.22. The van der Waals surface area contributed by atoms with E-state index in [9.17, 15) is 58.5 Å². The number of rotatable bonds is 26. The van der Waals surface area contributed by atoms with Crippen molar-refractivity contribution in [2.75, 3.05) is 26.2 Å². The van der Waals surface area contributed by atoms with E-state index in [1.807, 2.05) is 6.92 Å². The lowest BCUT2D eigenvalue weighted by molar-refractivity contribution is -0.148. The third-order valence-electron chi connectivity index (χ3n) is 12.0. The van der Waals surface area contributed by atoms with E-state index < -0.39 is 126 Å². The Balaban J connectivity index is 2.20. The van der Waals surface area contributed by atoms with E-state index in [0.717, 1.165) is 0 Å². The summed E-state index contributed by atoms with van der Waals surface area (Å²) in [6.07, 6.45) is 0.765. The Morgan fingerprint density at radius 3 is 1.79 bits per heavy atom. The van der Waals surface area contributed by atoms with Crippen molar-refractivity contribution < 1.29 is 58.5 Å². The van der Waals surface area contributed by atoms with Crippen LogP contribution in [-0.2, 0) is 43.2 Å². The van der Waals surface area contributed by atoms with Gasteiger partial charge in [0.25, 0.3) is 0 Å². The van der Waals surface area contributed by atoms with Crippen molar-refractivity contribution in [1.82, 2.24) is 41.7 Å². The largest absolute Gasteiger partial charge is 0.480 e. The fourth-order valence-electron chi connectivity index (χ4n) is 7.81. The molecule has 0 radical (unpaired) electrons. The summed E-state index contributed by atoms with van der Waals surface area (Å²) >= 11 is 0. The number of hydrogen-bond donors (Lipinski definition) is 12. The number of carbonyl (C=O) groups is 9.